The van der Waals surface area contributed by atoms with Crippen LogP contribution in [0.1, 0.15) is 17.6 Å². The number of aliphatic hydroxyl groups excluding tert-OH is 1. The second-order valence-electron chi connectivity index (χ2n) is 2.27. The summed E-state index contributed by atoms with van der Waals surface area (Å²) in [5.41, 5.74) is 0.558. The molecule has 0 amide bonds. The summed E-state index contributed by atoms with van der Waals surface area (Å²) in [5.74, 6) is 4.29. The highest BCUT2D eigenvalue weighted by atomic mass is 32.1. The van der Waals surface area contributed by atoms with E-state index in [0.29, 0.717) is 17.3 Å². The minimum absolute atomic E-state index is 0.114. The van der Waals surface area contributed by atoms with E-state index in [1.807, 2.05) is 0 Å². The minimum atomic E-state index is -0.562. The van der Waals surface area contributed by atoms with Gasteiger partial charge in [0, 0.05) is 11.3 Å². The van der Waals surface area contributed by atoms with Crippen LogP contribution in [-0.2, 0) is 16.1 Å². The van der Waals surface area contributed by atoms with Gasteiger partial charge in [0.15, 0.2) is 5.01 Å². The maximum atomic E-state index is 10.8. The van der Waals surface area contributed by atoms with Crippen molar-refractivity contribution < 1.29 is 14.6 Å². The Morgan fingerprint density at radius 2 is 2.57 bits per heavy atom. The number of carbonyl (C=O) groups is 1. The zero-order valence-corrected chi connectivity index (χ0v) is 8.43. The number of aromatic nitrogens is 1. The summed E-state index contributed by atoms with van der Waals surface area (Å²) in [5, 5.41) is 10.9. The maximum absolute atomic E-state index is 10.8. The first kappa shape index (κ1) is 10.7. The second-order valence-corrected chi connectivity index (χ2v) is 3.13. The first-order valence-corrected chi connectivity index (χ1v) is 4.88. The highest BCUT2D eigenvalue weighted by Crippen LogP contribution is 2.07. The van der Waals surface area contributed by atoms with Gasteiger partial charge in [0.2, 0.25) is 0 Å². The van der Waals surface area contributed by atoms with E-state index in [9.17, 15) is 4.79 Å². The zero-order valence-electron chi connectivity index (χ0n) is 7.61. The zero-order chi connectivity index (χ0) is 10.4. The van der Waals surface area contributed by atoms with Crippen molar-refractivity contribution in [3.63, 3.8) is 0 Å². The molecule has 0 saturated carbocycles. The fraction of sp³-hybridized carbons (Fsp3) is 0.333. The number of rotatable bonds is 2. The summed E-state index contributed by atoms with van der Waals surface area (Å²) in [6.45, 7) is 1.91. The van der Waals surface area contributed by atoms with E-state index in [2.05, 4.69) is 21.6 Å². The molecule has 0 aliphatic carbocycles. The lowest BCUT2D eigenvalue weighted by Gasteiger charge is -1.89. The number of ether oxygens (including phenoxy) is 1. The second kappa shape index (κ2) is 5.37. The third-order valence-electron chi connectivity index (χ3n) is 1.26. The summed E-state index contributed by atoms with van der Waals surface area (Å²) in [7, 11) is 0. The highest BCUT2D eigenvalue weighted by molar-refractivity contribution is 7.10. The van der Waals surface area contributed by atoms with E-state index < -0.39 is 5.97 Å². The molecule has 0 spiro atoms. The van der Waals surface area contributed by atoms with Gasteiger partial charge in [0.05, 0.1) is 18.9 Å². The van der Waals surface area contributed by atoms with E-state index in [1.165, 1.54) is 11.3 Å². The van der Waals surface area contributed by atoms with Crippen LogP contribution in [0, 0.1) is 11.8 Å². The van der Waals surface area contributed by atoms with Gasteiger partial charge >= 0.3 is 5.97 Å². The Bertz CT molecular complexity index is 375. The molecule has 0 bridgehead atoms. The van der Waals surface area contributed by atoms with E-state index in [1.54, 1.807) is 12.3 Å². The Kier molecular flexibility index (Phi) is 4.11. The van der Waals surface area contributed by atoms with Gasteiger partial charge in [0.1, 0.15) is 0 Å². The average molecular weight is 211 g/mol. The predicted molar refractivity (Wildman–Crippen MR) is 51.5 cm³/mol. The van der Waals surface area contributed by atoms with Gasteiger partial charge in [-0.1, -0.05) is 0 Å². The number of aliphatic hydroxyl groups is 1. The Morgan fingerprint density at radius 1 is 1.79 bits per heavy atom. The van der Waals surface area contributed by atoms with E-state index in [4.69, 9.17) is 5.11 Å². The first-order valence-electron chi connectivity index (χ1n) is 4.00. The Morgan fingerprint density at radius 3 is 3.14 bits per heavy atom. The van der Waals surface area contributed by atoms with Crippen molar-refractivity contribution in [2.24, 2.45) is 0 Å². The summed E-state index contributed by atoms with van der Waals surface area (Å²) in [6, 6.07) is 0. The lowest BCUT2D eigenvalue weighted by Crippen LogP contribution is -1.99. The van der Waals surface area contributed by atoms with Gasteiger partial charge in [-0.25, -0.2) is 9.78 Å². The van der Waals surface area contributed by atoms with Crippen LogP contribution in [0.4, 0.5) is 0 Å². The van der Waals surface area contributed by atoms with Gasteiger partial charge in [-0.05, 0) is 12.8 Å². The Balaban J connectivity index is 2.62. The molecular formula is C9H9NO3S. The molecule has 1 heterocycles. The molecule has 0 fully saturated rings. The third kappa shape index (κ3) is 3.17. The van der Waals surface area contributed by atoms with Gasteiger partial charge in [-0.3, -0.25) is 0 Å². The Hall–Kier alpha value is -1.38. The van der Waals surface area contributed by atoms with Crippen molar-refractivity contribution in [2.45, 2.75) is 13.5 Å². The van der Waals surface area contributed by atoms with Crippen LogP contribution < -0.4 is 0 Å². The van der Waals surface area contributed by atoms with E-state index in [-0.39, 0.29) is 6.61 Å². The molecule has 0 aliphatic heterocycles. The van der Waals surface area contributed by atoms with Gasteiger partial charge in [-0.2, -0.15) is 0 Å². The molecule has 0 radical (unpaired) electrons. The number of esters is 1. The standard InChI is InChI=1S/C9H9NO3S/c1-2-13-9(12)4-3-8-10-7(5-11)6-14-8/h6,11H,2,5H2,1H3. The van der Waals surface area contributed by atoms with Crippen LogP contribution in [0.2, 0.25) is 0 Å². The fourth-order valence-corrected chi connectivity index (χ4v) is 1.36. The predicted octanol–water partition coefficient (Wildman–Crippen LogP) is 0.550. The molecule has 0 saturated heterocycles. The molecular weight excluding hydrogens is 202 g/mol. The van der Waals surface area contributed by atoms with Gasteiger partial charge in [0.25, 0.3) is 0 Å². The normalized spacial score (nSPS) is 9.00. The third-order valence-corrected chi connectivity index (χ3v) is 2.07. The van der Waals surface area contributed by atoms with E-state index >= 15 is 0 Å². The quantitative estimate of drug-likeness (QED) is 0.573. The van der Waals surface area contributed by atoms with Crippen LogP contribution >= 0.6 is 11.3 Å². The van der Waals surface area contributed by atoms with Crippen molar-refractivity contribution in [3.05, 3.63) is 16.1 Å². The number of hydrogen-bond acceptors (Lipinski definition) is 5. The average Bonchev–Trinajstić information content (AvgIpc) is 2.63. The summed E-state index contributed by atoms with van der Waals surface area (Å²) in [6.07, 6.45) is 0. The highest BCUT2D eigenvalue weighted by Gasteiger charge is 1.98. The monoisotopic (exact) mass is 211 g/mol. The molecule has 0 atom stereocenters. The summed E-state index contributed by atoms with van der Waals surface area (Å²) >= 11 is 1.28. The summed E-state index contributed by atoms with van der Waals surface area (Å²) in [4.78, 5) is 14.8. The molecule has 0 unspecified atom stereocenters. The number of nitrogens with zero attached hydrogens (tertiary/aromatic N) is 1. The molecule has 1 aromatic rings. The number of carbonyl (C=O) groups excluding carboxylic acids is 1. The molecule has 4 nitrogen and oxygen atoms in total. The molecule has 0 aliphatic rings. The SMILES string of the molecule is CCOC(=O)C#Cc1nc(CO)cs1. The maximum Gasteiger partial charge on any atom is 0.384 e. The molecule has 1 aromatic heterocycles. The lowest BCUT2D eigenvalue weighted by molar-refractivity contribution is -0.136. The fourth-order valence-electron chi connectivity index (χ4n) is 0.709. The topological polar surface area (TPSA) is 59.4 Å². The van der Waals surface area contributed by atoms with Crippen LogP contribution in [0.25, 0.3) is 0 Å². The number of hydrogen-bond donors (Lipinski definition) is 1. The van der Waals surface area contributed by atoms with Crippen molar-refractivity contribution in [1.82, 2.24) is 4.98 Å². The van der Waals surface area contributed by atoms with E-state index in [0.717, 1.165) is 0 Å². The van der Waals surface area contributed by atoms with Crippen molar-refractivity contribution in [1.29, 1.82) is 0 Å². The minimum Gasteiger partial charge on any atom is -0.456 e. The van der Waals surface area contributed by atoms with Crippen molar-refractivity contribution >= 4 is 17.3 Å². The summed E-state index contributed by atoms with van der Waals surface area (Å²) < 4.78 is 4.61. The number of thiazole rings is 1. The molecule has 1 rings (SSSR count). The van der Waals surface area contributed by atoms with Crippen LogP contribution in [0.5, 0.6) is 0 Å². The first-order chi connectivity index (χ1) is 6.76. The van der Waals surface area contributed by atoms with Crippen molar-refractivity contribution in [3.8, 4) is 11.8 Å². The molecule has 5 heteroatoms. The molecule has 1 N–H and O–H groups in total. The van der Waals surface area contributed by atoms with Gasteiger partial charge < -0.3 is 9.84 Å². The van der Waals surface area contributed by atoms with Crippen molar-refractivity contribution in [2.75, 3.05) is 6.61 Å². The smallest absolute Gasteiger partial charge is 0.384 e. The molecule has 0 aromatic carbocycles. The van der Waals surface area contributed by atoms with Gasteiger partial charge in [-0.15, -0.1) is 11.3 Å². The lowest BCUT2D eigenvalue weighted by atomic mass is 10.5. The van der Waals surface area contributed by atoms with Crippen LogP contribution in [0.3, 0.4) is 0 Å². The molecule has 74 valence electrons. The largest absolute Gasteiger partial charge is 0.456 e. The van der Waals surface area contributed by atoms with Crippen LogP contribution in [0.15, 0.2) is 5.38 Å². The molecule has 14 heavy (non-hydrogen) atoms. The van der Waals surface area contributed by atoms with Crippen LogP contribution in [-0.4, -0.2) is 22.7 Å². The Labute approximate surface area is 85.5 Å².